The fraction of sp³-hybridized carbons (Fsp3) is 0.400. The van der Waals surface area contributed by atoms with Crippen LogP contribution < -0.4 is 0 Å². The molecule has 3 rings (SSSR count). The lowest BCUT2D eigenvalue weighted by molar-refractivity contribution is -0.159. The van der Waals surface area contributed by atoms with E-state index in [9.17, 15) is 14.7 Å². The lowest BCUT2D eigenvalue weighted by Crippen LogP contribution is -2.78. The number of rotatable bonds is 1. The van der Waals surface area contributed by atoms with E-state index >= 15 is 0 Å². The maximum Gasteiger partial charge on any atom is 0.254 e. The highest BCUT2D eigenvalue weighted by Gasteiger charge is 2.55. The van der Waals surface area contributed by atoms with Crippen molar-refractivity contribution < 1.29 is 14.7 Å². The normalized spacial score (nSPS) is 18.7. The van der Waals surface area contributed by atoms with Gasteiger partial charge in [0.1, 0.15) is 11.8 Å². The Labute approximate surface area is 122 Å². The maximum absolute atomic E-state index is 12.3. The van der Waals surface area contributed by atoms with Crippen LogP contribution in [0.4, 0.5) is 0 Å². The molecular weight excluding hydrogens is 270 g/mol. The average Bonchev–Trinajstić information content (AvgIpc) is 2.35. The molecule has 2 fully saturated rings. The lowest BCUT2D eigenvalue weighted by atomic mass is 9.77. The standard InChI is InChI=1S/C15H15N3O3/c1-10(19)18-5-4-15(18)8-17(9-15)14(21)11-2-3-13(20)12(6-11)7-16/h2-3,6,20H,4-5,8-9H2,1H3. The van der Waals surface area contributed by atoms with Gasteiger partial charge in [0.25, 0.3) is 5.91 Å². The van der Waals surface area contributed by atoms with E-state index in [0.29, 0.717) is 18.7 Å². The molecule has 2 saturated heterocycles. The number of nitriles is 1. The molecule has 1 aromatic carbocycles. The van der Waals surface area contributed by atoms with Gasteiger partial charge in [0.05, 0.1) is 11.1 Å². The Kier molecular flexibility index (Phi) is 2.87. The second-order valence-electron chi connectivity index (χ2n) is 5.65. The van der Waals surface area contributed by atoms with Gasteiger partial charge in [0, 0.05) is 32.1 Å². The number of likely N-dealkylation sites (tertiary alicyclic amines) is 2. The highest BCUT2D eigenvalue weighted by Crippen LogP contribution is 2.39. The first-order valence-corrected chi connectivity index (χ1v) is 6.77. The van der Waals surface area contributed by atoms with Crippen molar-refractivity contribution >= 4 is 11.8 Å². The summed E-state index contributed by atoms with van der Waals surface area (Å²) < 4.78 is 0. The number of phenolic OH excluding ortho intramolecular Hbond substituents is 1. The van der Waals surface area contributed by atoms with Crippen LogP contribution in [0.3, 0.4) is 0 Å². The molecule has 21 heavy (non-hydrogen) atoms. The van der Waals surface area contributed by atoms with Gasteiger partial charge in [-0.1, -0.05) is 0 Å². The van der Waals surface area contributed by atoms with Gasteiger partial charge < -0.3 is 14.9 Å². The molecule has 0 atom stereocenters. The molecule has 0 saturated carbocycles. The molecule has 1 N–H and O–H groups in total. The molecule has 6 nitrogen and oxygen atoms in total. The Morgan fingerprint density at radius 3 is 2.62 bits per heavy atom. The van der Waals surface area contributed by atoms with E-state index in [1.165, 1.54) is 18.2 Å². The van der Waals surface area contributed by atoms with Crippen molar-refractivity contribution in [3.05, 3.63) is 29.3 Å². The smallest absolute Gasteiger partial charge is 0.254 e. The summed E-state index contributed by atoms with van der Waals surface area (Å²) >= 11 is 0. The minimum absolute atomic E-state index is 0.0461. The summed E-state index contributed by atoms with van der Waals surface area (Å²) in [6.45, 7) is 3.38. The molecule has 0 radical (unpaired) electrons. The number of carbonyl (C=O) groups excluding carboxylic acids is 2. The van der Waals surface area contributed by atoms with E-state index in [0.717, 1.165) is 13.0 Å². The van der Waals surface area contributed by atoms with Crippen LogP contribution in [0.15, 0.2) is 18.2 Å². The number of carbonyl (C=O) groups is 2. The van der Waals surface area contributed by atoms with E-state index in [1.54, 1.807) is 11.8 Å². The summed E-state index contributed by atoms with van der Waals surface area (Å²) in [5, 5.41) is 18.3. The Morgan fingerprint density at radius 2 is 2.10 bits per heavy atom. The van der Waals surface area contributed by atoms with E-state index in [4.69, 9.17) is 5.26 Å². The molecule has 0 aromatic heterocycles. The van der Waals surface area contributed by atoms with Gasteiger partial charge in [-0.2, -0.15) is 5.26 Å². The fourth-order valence-corrected chi connectivity index (χ4v) is 3.11. The minimum atomic E-state index is -0.174. The van der Waals surface area contributed by atoms with Gasteiger partial charge >= 0.3 is 0 Å². The summed E-state index contributed by atoms with van der Waals surface area (Å²) in [4.78, 5) is 27.3. The average molecular weight is 285 g/mol. The van der Waals surface area contributed by atoms with Crippen molar-refractivity contribution in [3.63, 3.8) is 0 Å². The molecular formula is C15H15N3O3. The van der Waals surface area contributed by atoms with Crippen molar-refractivity contribution in [2.75, 3.05) is 19.6 Å². The summed E-state index contributed by atoms with van der Waals surface area (Å²) in [7, 11) is 0. The summed E-state index contributed by atoms with van der Waals surface area (Å²) in [5.74, 6) is -0.256. The third-order valence-electron chi connectivity index (χ3n) is 4.37. The topological polar surface area (TPSA) is 84.6 Å². The van der Waals surface area contributed by atoms with E-state index in [2.05, 4.69) is 0 Å². The maximum atomic E-state index is 12.3. The Morgan fingerprint density at radius 1 is 1.38 bits per heavy atom. The number of hydrogen-bond acceptors (Lipinski definition) is 4. The van der Waals surface area contributed by atoms with Crippen molar-refractivity contribution in [1.29, 1.82) is 5.26 Å². The first-order chi connectivity index (χ1) is 9.97. The molecule has 0 bridgehead atoms. The summed E-state index contributed by atoms with van der Waals surface area (Å²) in [5.41, 5.74) is 0.300. The van der Waals surface area contributed by atoms with Crippen LogP contribution in [0, 0.1) is 11.3 Å². The zero-order valence-electron chi connectivity index (χ0n) is 11.7. The van der Waals surface area contributed by atoms with Crippen LogP contribution in [0.2, 0.25) is 0 Å². The van der Waals surface area contributed by atoms with Crippen LogP contribution >= 0.6 is 0 Å². The second-order valence-corrected chi connectivity index (χ2v) is 5.65. The predicted molar refractivity (Wildman–Crippen MR) is 73.5 cm³/mol. The van der Waals surface area contributed by atoms with Gasteiger partial charge in [-0.05, 0) is 24.6 Å². The van der Waals surface area contributed by atoms with Crippen LogP contribution in [0.25, 0.3) is 0 Å². The predicted octanol–water partition coefficient (Wildman–Crippen LogP) is 0.711. The third kappa shape index (κ3) is 1.93. The molecule has 0 aliphatic carbocycles. The molecule has 0 unspecified atom stereocenters. The summed E-state index contributed by atoms with van der Waals surface area (Å²) in [6, 6.07) is 6.11. The molecule has 2 amide bonds. The molecule has 6 heteroatoms. The highest BCUT2D eigenvalue weighted by atomic mass is 16.3. The van der Waals surface area contributed by atoms with Crippen molar-refractivity contribution in [2.45, 2.75) is 18.9 Å². The van der Waals surface area contributed by atoms with Crippen LogP contribution in [-0.2, 0) is 4.79 Å². The zero-order chi connectivity index (χ0) is 15.2. The van der Waals surface area contributed by atoms with Crippen molar-refractivity contribution in [2.24, 2.45) is 0 Å². The van der Waals surface area contributed by atoms with Crippen molar-refractivity contribution in [1.82, 2.24) is 9.80 Å². The first kappa shape index (κ1) is 13.4. The van der Waals surface area contributed by atoms with Gasteiger partial charge in [-0.3, -0.25) is 9.59 Å². The lowest BCUT2D eigenvalue weighted by Gasteiger charge is -2.62. The van der Waals surface area contributed by atoms with Gasteiger partial charge in [0.15, 0.2) is 0 Å². The quantitative estimate of drug-likeness (QED) is 0.823. The minimum Gasteiger partial charge on any atom is -0.507 e. The Balaban J connectivity index is 1.72. The number of nitrogens with zero attached hydrogens (tertiary/aromatic N) is 3. The van der Waals surface area contributed by atoms with Gasteiger partial charge in [-0.15, -0.1) is 0 Å². The number of phenols is 1. The number of aromatic hydroxyl groups is 1. The molecule has 2 aliphatic rings. The molecule has 2 aliphatic heterocycles. The van der Waals surface area contributed by atoms with Crippen molar-refractivity contribution in [3.8, 4) is 11.8 Å². The molecule has 108 valence electrons. The highest BCUT2D eigenvalue weighted by molar-refractivity contribution is 5.96. The molecule has 2 heterocycles. The Hall–Kier alpha value is -2.55. The summed E-state index contributed by atoms with van der Waals surface area (Å²) in [6.07, 6.45) is 0.926. The van der Waals surface area contributed by atoms with Gasteiger partial charge in [0.2, 0.25) is 5.91 Å². The monoisotopic (exact) mass is 285 g/mol. The Bertz CT molecular complexity index is 671. The number of amides is 2. The SMILES string of the molecule is CC(=O)N1CCC12CN(C(=O)c1ccc(O)c(C#N)c1)C2. The van der Waals surface area contributed by atoms with Gasteiger partial charge in [-0.25, -0.2) is 0 Å². The zero-order valence-corrected chi connectivity index (χ0v) is 11.7. The van der Waals surface area contributed by atoms with E-state index in [-0.39, 0.29) is 28.7 Å². The van der Waals surface area contributed by atoms with E-state index < -0.39 is 0 Å². The number of benzene rings is 1. The van der Waals surface area contributed by atoms with Crippen LogP contribution in [-0.4, -0.2) is 51.9 Å². The largest absolute Gasteiger partial charge is 0.507 e. The third-order valence-corrected chi connectivity index (χ3v) is 4.37. The van der Waals surface area contributed by atoms with E-state index in [1.807, 2.05) is 11.0 Å². The fourth-order valence-electron chi connectivity index (χ4n) is 3.11. The number of hydrogen-bond donors (Lipinski definition) is 1. The molecule has 1 spiro atoms. The molecule has 1 aromatic rings. The first-order valence-electron chi connectivity index (χ1n) is 6.77. The van der Waals surface area contributed by atoms with Crippen LogP contribution in [0.5, 0.6) is 5.75 Å². The van der Waals surface area contributed by atoms with Crippen LogP contribution in [0.1, 0.15) is 29.3 Å². The second kappa shape index (κ2) is 4.48.